The molecule has 1 aliphatic heterocycles. The van der Waals surface area contributed by atoms with Crippen molar-refractivity contribution in [3.8, 4) is 22.8 Å². The zero-order valence-corrected chi connectivity index (χ0v) is 19.5. The molecule has 7 nitrogen and oxygen atoms in total. The Kier molecular flexibility index (Phi) is 5.42. The average Bonchev–Trinajstić information content (AvgIpc) is 3.14. The molecule has 7 heteroatoms. The lowest BCUT2D eigenvalue weighted by atomic mass is 10.1. The summed E-state index contributed by atoms with van der Waals surface area (Å²) in [6.07, 6.45) is 5.87. The first-order chi connectivity index (χ1) is 15.9. The van der Waals surface area contributed by atoms with Gasteiger partial charge in [0.25, 0.3) is 0 Å². The van der Waals surface area contributed by atoms with Gasteiger partial charge in [0, 0.05) is 74.1 Å². The zero-order valence-electron chi connectivity index (χ0n) is 19.5. The molecular weight excluding hydrogens is 414 g/mol. The van der Waals surface area contributed by atoms with Gasteiger partial charge in [-0.15, -0.1) is 0 Å². The highest BCUT2D eigenvalue weighted by atomic mass is 16.5. The van der Waals surface area contributed by atoms with Crippen LogP contribution in [-0.4, -0.2) is 50.8 Å². The van der Waals surface area contributed by atoms with E-state index in [4.69, 9.17) is 9.72 Å². The molecule has 4 aromatic rings. The van der Waals surface area contributed by atoms with Crippen LogP contribution in [0.25, 0.3) is 22.3 Å². The normalized spacial score (nSPS) is 14.5. The third-order valence-corrected chi connectivity index (χ3v) is 6.35. The third kappa shape index (κ3) is 4.00. The van der Waals surface area contributed by atoms with E-state index < -0.39 is 0 Å². The summed E-state index contributed by atoms with van der Waals surface area (Å²) in [5.41, 5.74) is 6.63. The summed E-state index contributed by atoms with van der Waals surface area (Å²) >= 11 is 0. The van der Waals surface area contributed by atoms with E-state index in [9.17, 15) is 5.11 Å². The van der Waals surface area contributed by atoms with E-state index in [1.54, 1.807) is 13.2 Å². The molecular formula is C26H29N5O2. The van der Waals surface area contributed by atoms with E-state index in [2.05, 4.69) is 40.8 Å². The highest BCUT2D eigenvalue weighted by molar-refractivity contribution is 5.83. The Bertz CT molecular complexity index is 1310. The van der Waals surface area contributed by atoms with Crippen molar-refractivity contribution in [3.63, 3.8) is 0 Å². The quantitative estimate of drug-likeness (QED) is 0.493. The number of aryl methyl sites for hydroxylation is 1. The second-order valence-electron chi connectivity index (χ2n) is 8.86. The lowest BCUT2D eigenvalue weighted by molar-refractivity contribution is 0.221. The number of anilines is 2. The van der Waals surface area contributed by atoms with E-state index in [-0.39, 0.29) is 5.75 Å². The standard InChI is InChI=1S/C26H29N5O2/c1-17(2)30-9-10-31(25-12-20(32)13-26(33-4)21(25)16-30)19-5-6-22-23(11-19)28-24(14-27-22)18-7-8-29(3)15-18/h5-8,11-15,17,32H,9-10,16H2,1-4H3. The van der Waals surface area contributed by atoms with Crippen molar-refractivity contribution in [2.24, 2.45) is 7.05 Å². The third-order valence-electron chi connectivity index (χ3n) is 6.35. The molecule has 0 aliphatic carbocycles. The molecule has 0 saturated heterocycles. The average molecular weight is 444 g/mol. The first-order valence-corrected chi connectivity index (χ1v) is 11.2. The van der Waals surface area contributed by atoms with Crippen LogP contribution in [0, 0.1) is 0 Å². The van der Waals surface area contributed by atoms with Gasteiger partial charge in [0.1, 0.15) is 11.5 Å². The number of hydrogen-bond acceptors (Lipinski definition) is 6. The van der Waals surface area contributed by atoms with Crippen LogP contribution in [0.3, 0.4) is 0 Å². The zero-order chi connectivity index (χ0) is 23.1. The minimum atomic E-state index is 0.195. The van der Waals surface area contributed by atoms with E-state index in [1.807, 2.05) is 48.4 Å². The van der Waals surface area contributed by atoms with E-state index in [1.165, 1.54) is 0 Å². The number of ether oxygens (including phenoxy) is 1. The van der Waals surface area contributed by atoms with Crippen molar-refractivity contribution in [3.05, 3.63) is 60.6 Å². The summed E-state index contributed by atoms with van der Waals surface area (Å²) in [6, 6.07) is 12.1. The second kappa shape index (κ2) is 8.41. The Labute approximate surface area is 193 Å². The minimum Gasteiger partial charge on any atom is -0.508 e. The fraction of sp³-hybridized carbons (Fsp3) is 0.308. The van der Waals surface area contributed by atoms with Crippen LogP contribution in [0.1, 0.15) is 19.4 Å². The van der Waals surface area contributed by atoms with Gasteiger partial charge in [0.2, 0.25) is 0 Å². The number of methoxy groups -OCH3 is 1. The van der Waals surface area contributed by atoms with Crippen molar-refractivity contribution >= 4 is 22.4 Å². The molecule has 1 N–H and O–H groups in total. The largest absolute Gasteiger partial charge is 0.508 e. The first-order valence-electron chi connectivity index (χ1n) is 11.2. The monoisotopic (exact) mass is 443 g/mol. The van der Waals surface area contributed by atoms with Crippen molar-refractivity contribution in [1.82, 2.24) is 19.4 Å². The summed E-state index contributed by atoms with van der Waals surface area (Å²) < 4.78 is 7.67. The highest BCUT2D eigenvalue weighted by Gasteiger charge is 2.26. The topological polar surface area (TPSA) is 66.7 Å². The molecule has 0 fully saturated rings. The van der Waals surface area contributed by atoms with Crippen LogP contribution in [0.15, 0.2) is 55.0 Å². The van der Waals surface area contributed by atoms with Crippen molar-refractivity contribution in [1.29, 1.82) is 0 Å². The summed E-state index contributed by atoms with van der Waals surface area (Å²) in [4.78, 5) is 14.2. The van der Waals surface area contributed by atoms with Crippen LogP contribution in [0.2, 0.25) is 0 Å². The van der Waals surface area contributed by atoms with Gasteiger partial charge in [0.15, 0.2) is 0 Å². The van der Waals surface area contributed by atoms with Crippen LogP contribution in [-0.2, 0) is 13.6 Å². The molecule has 2 aromatic heterocycles. The van der Waals surface area contributed by atoms with Crippen molar-refractivity contribution < 1.29 is 9.84 Å². The van der Waals surface area contributed by atoms with E-state index >= 15 is 0 Å². The van der Waals surface area contributed by atoms with Crippen molar-refractivity contribution in [2.45, 2.75) is 26.4 Å². The number of fused-ring (bicyclic) bond motifs is 2. The molecule has 0 atom stereocenters. The molecule has 0 amide bonds. The highest BCUT2D eigenvalue weighted by Crippen LogP contribution is 2.40. The Morgan fingerprint density at radius 3 is 2.64 bits per heavy atom. The molecule has 3 heterocycles. The number of rotatable bonds is 4. The van der Waals surface area contributed by atoms with Gasteiger partial charge in [-0.3, -0.25) is 9.88 Å². The molecule has 0 saturated carbocycles. The molecule has 170 valence electrons. The SMILES string of the molecule is COc1cc(O)cc2c1CN(C(C)C)CCN2c1ccc2ncc(-c3ccn(C)c3)nc2c1. The predicted molar refractivity (Wildman–Crippen MR) is 131 cm³/mol. The molecule has 0 spiro atoms. The molecule has 2 aromatic carbocycles. The van der Waals surface area contributed by atoms with Crippen LogP contribution in [0.4, 0.5) is 11.4 Å². The summed E-state index contributed by atoms with van der Waals surface area (Å²) in [5.74, 6) is 0.898. The van der Waals surface area contributed by atoms with Crippen LogP contribution in [0.5, 0.6) is 11.5 Å². The fourth-order valence-electron chi connectivity index (χ4n) is 4.50. The Balaban J connectivity index is 1.62. The van der Waals surface area contributed by atoms with Gasteiger partial charge in [-0.05, 0) is 38.1 Å². The first kappa shape index (κ1) is 21.3. The smallest absolute Gasteiger partial charge is 0.129 e. The van der Waals surface area contributed by atoms with Gasteiger partial charge in [-0.2, -0.15) is 0 Å². The number of phenolic OH excluding ortho intramolecular Hbond substituents is 1. The maximum Gasteiger partial charge on any atom is 0.129 e. The Morgan fingerprint density at radius 1 is 1.06 bits per heavy atom. The minimum absolute atomic E-state index is 0.195. The van der Waals surface area contributed by atoms with Crippen LogP contribution >= 0.6 is 0 Å². The molecule has 0 radical (unpaired) electrons. The van der Waals surface area contributed by atoms with Crippen LogP contribution < -0.4 is 9.64 Å². The number of phenols is 1. The van der Waals surface area contributed by atoms with Gasteiger partial charge in [0.05, 0.1) is 35.7 Å². The van der Waals surface area contributed by atoms with Gasteiger partial charge < -0.3 is 19.3 Å². The lowest BCUT2D eigenvalue weighted by Gasteiger charge is -2.26. The van der Waals surface area contributed by atoms with Gasteiger partial charge in [-0.1, -0.05) is 0 Å². The summed E-state index contributed by atoms with van der Waals surface area (Å²) in [6.45, 7) is 6.86. The Hall–Kier alpha value is -3.58. The van der Waals surface area contributed by atoms with Gasteiger partial charge >= 0.3 is 0 Å². The van der Waals surface area contributed by atoms with Gasteiger partial charge in [-0.25, -0.2) is 4.98 Å². The molecule has 1 aliphatic rings. The molecule has 0 bridgehead atoms. The molecule has 5 rings (SSSR count). The number of aromatic nitrogens is 3. The molecule has 0 unspecified atom stereocenters. The predicted octanol–water partition coefficient (Wildman–Crippen LogP) is 4.71. The van der Waals surface area contributed by atoms with E-state index in [0.717, 1.165) is 58.9 Å². The Morgan fingerprint density at radius 2 is 1.91 bits per heavy atom. The molecule has 33 heavy (non-hydrogen) atoms. The summed E-state index contributed by atoms with van der Waals surface area (Å²) in [5, 5.41) is 10.4. The van der Waals surface area contributed by atoms with E-state index in [0.29, 0.717) is 11.8 Å². The number of hydrogen-bond donors (Lipinski definition) is 1. The number of benzene rings is 2. The van der Waals surface area contributed by atoms with Crippen molar-refractivity contribution in [2.75, 3.05) is 25.1 Å². The second-order valence-corrected chi connectivity index (χ2v) is 8.86. The number of nitrogens with zero attached hydrogens (tertiary/aromatic N) is 5. The lowest BCUT2D eigenvalue weighted by Crippen LogP contribution is -2.34. The summed E-state index contributed by atoms with van der Waals surface area (Å²) in [7, 11) is 3.65. The maximum absolute atomic E-state index is 10.4. The fourth-order valence-corrected chi connectivity index (χ4v) is 4.50. The number of aromatic hydroxyl groups is 1. The maximum atomic E-state index is 10.4.